The van der Waals surface area contributed by atoms with Crippen LogP contribution in [-0.2, 0) is 5.54 Å². The van der Waals surface area contributed by atoms with Crippen LogP contribution in [0.4, 0.5) is 0 Å². The molecule has 108 valence electrons. The molecule has 0 amide bonds. The minimum absolute atomic E-state index is 0.354. The minimum atomic E-state index is -0.377. The average molecular weight is 290 g/mol. The average Bonchev–Trinajstić information content (AvgIpc) is 2.83. The van der Waals surface area contributed by atoms with Crippen LogP contribution < -0.4 is 10.5 Å². The van der Waals surface area contributed by atoms with Crippen molar-refractivity contribution in [1.82, 2.24) is 4.98 Å². The van der Waals surface area contributed by atoms with Gasteiger partial charge in [0.05, 0.1) is 18.4 Å². The van der Waals surface area contributed by atoms with Gasteiger partial charge in [-0.3, -0.25) is 0 Å². The molecule has 0 aliphatic rings. The summed E-state index contributed by atoms with van der Waals surface area (Å²) in [7, 11) is 1.68. The summed E-state index contributed by atoms with van der Waals surface area (Å²) in [6.07, 6.45) is 0. The number of ether oxygens (including phenoxy) is 1. The third kappa shape index (κ3) is 2.86. The molecular formula is C16H22N2OS. The van der Waals surface area contributed by atoms with Crippen LogP contribution in [0.5, 0.6) is 5.75 Å². The van der Waals surface area contributed by atoms with Gasteiger partial charge in [0.15, 0.2) is 0 Å². The summed E-state index contributed by atoms with van der Waals surface area (Å²) in [4.78, 5) is 5.96. The van der Waals surface area contributed by atoms with Crippen molar-refractivity contribution < 1.29 is 4.74 Å². The van der Waals surface area contributed by atoms with Gasteiger partial charge in [-0.15, -0.1) is 11.3 Å². The van der Waals surface area contributed by atoms with Crippen molar-refractivity contribution in [2.75, 3.05) is 7.11 Å². The fraction of sp³-hybridized carbons (Fsp3) is 0.438. The molecule has 0 fully saturated rings. The number of nitrogens with zero attached hydrogens (tertiary/aromatic N) is 1. The zero-order chi connectivity index (χ0) is 14.9. The fourth-order valence-corrected chi connectivity index (χ4v) is 3.39. The first-order valence-corrected chi connectivity index (χ1v) is 7.59. The smallest absolute Gasteiger partial charge is 0.129 e. The molecule has 20 heavy (non-hydrogen) atoms. The number of rotatable bonds is 4. The third-order valence-electron chi connectivity index (χ3n) is 3.12. The molecule has 2 N–H and O–H groups in total. The second-order valence-electron chi connectivity index (χ2n) is 5.81. The lowest BCUT2D eigenvalue weighted by Crippen LogP contribution is -2.28. The van der Waals surface area contributed by atoms with Crippen LogP contribution in [0.25, 0.3) is 10.6 Å². The van der Waals surface area contributed by atoms with Gasteiger partial charge >= 0.3 is 0 Å². The van der Waals surface area contributed by atoms with Crippen LogP contribution in [-0.4, -0.2) is 12.1 Å². The zero-order valence-corrected chi connectivity index (χ0v) is 13.5. The summed E-state index contributed by atoms with van der Waals surface area (Å²) in [5.74, 6) is 1.20. The van der Waals surface area contributed by atoms with Gasteiger partial charge in [0.25, 0.3) is 0 Å². The number of para-hydroxylation sites is 1. The first-order valence-electron chi connectivity index (χ1n) is 6.78. The highest BCUT2D eigenvalue weighted by Gasteiger charge is 2.26. The summed E-state index contributed by atoms with van der Waals surface area (Å²) in [6.45, 7) is 8.35. The van der Waals surface area contributed by atoms with E-state index in [1.807, 2.05) is 38.1 Å². The predicted octanol–water partition coefficient (Wildman–Crippen LogP) is 4.14. The van der Waals surface area contributed by atoms with Gasteiger partial charge in [0, 0.05) is 10.4 Å². The van der Waals surface area contributed by atoms with E-state index in [9.17, 15) is 0 Å². The Bertz CT molecular complexity index is 597. The summed E-state index contributed by atoms with van der Waals surface area (Å²) >= 11 is 1.66. The molecule has 0 bridgehead atoms. The highest BCUT2D eigenvalue weighted by atomic mass is 32.1. The largest absolute Gasteiger partial charge is 0.496 e. The number of hydrogen-bond donors (Lipinski definition) is 1. The van der Waals surface area contributed by atoms with Gasteiger partial charge in [-0.25, -0.2) is 4.98 Å². The number of benzene rings is 1. The van der Waals surface area contributed by atoms with Crippen molar-refractivity contribution in [3.63, 3.8) is 0 Å². The van der Waals surface area contributed by atoms with E-state index in [1.165, 1.54) is 0 Å². The maximum absolute atomic E-state index is 6.30. The first-order chi connectivity index (χ1) is 9.34. The summed E-state index contributed by atoms with van der Waals surface area (Å²) in [6, 6.07) is 7.96. The number of aromatic nitrogens is 1. The van der Waals surface area contributed by atoms with E-state index in [4.69, 9.17) is 15.5 Å². The Morgan fingerprint density at radius 3 is 2.40 bits per heavy atom. The van der Waals surface area contributed by atoms with Crippen LogP contribution in [0, 0.1) is 0 Å². The van der Waals surface area contributed by atoms with Gasteiger partial charge in [-0.2, -0.15) is 0 Å². The summed E-state index contributed by atoms with van der Waals surface area (Å²) in [5, 5.41) is 0.972. The second kappa shape index (κ2) is 5.54. The molecule has 0 saturated carbocycles. The maximum Gasteiger partial charge on any atom is 0.129 e. The number of methoxy groups -OCH3 is 1. The summed E-state index contributed by atoms with van der Waals surface area (Å²) < 4.78 is 5.43. The van der Waals surface area contributed by atoms with Gasteiger partial charge in [0.2, 0.25) is 0 Å². The van der Waals surface area contributed by atoms with Crippen LogP contribution >= 0.6 is 11.3 Å². The molecule has 4 heteroatoms. The molecule has 0 atom stereocenters. The van der Waals surface area contributed by atoms with Crippen LogP contribution in [0.2, 0.25) is 0 Å². The van der Waals surface area contributed by atoms with E-state index in [0.717, 1.165) is 26.9 Å². The Labute approximate surface area is 124 Å². The van der Waals surface area contributed by atoms with Crippen molar-refractivity contribution in [3.05, 3.63) is 34.8 Å². The molecule has 3 nitrogen and oxygen atoms in total. The SMILES string of the molecule is COc1ccccc1-c1nc(C(C)C)c(C(C)(C)N)s1. The molecule has 0 aliphatic carbocycles. The number of hydrogen-bond acceptors (Lipinski definition) is 4. The lowest BCUT2D eigenvalue weighted by molar-refractivity contribution is 0.416. The van der Waals surface area contributed by atoms with Gasteiger partial charge in [-0.1, -0.05) is 26.0 Å². The first kappa shape index (κ1) is 15.0. The molecule has 0 spiro atoms. The maximum atomic E-state index is 6.30. The second-order valence-corrected chi connectivity index (χ2v) is 6.81. The van der Waals surface area contributed by atoms with Crippen molar-refractivity contribution in [1.29, 1.82) is 0 Å². The van der Waals surface area contributed by atoms with Gasteiger partial charge in [-0.05, 0) is 31.9 Å². The topological polar surface area (TPSA) is 48.1 Å². The Kier molecular flexibility index (Phi) is 4.16. The molecule has 2 aromatic rings. The molecule has 1 aromatic carbocycles. The Hall–Kier alpha value is -1.39. The molecule has 1 heterocycles. The standard InChI is InChI=1S/C16H22N2OS/c1-10(2)13-14(16(3,4)17)20-15(18-13)11-8-6-7-9-12(11)19-5/h6-10H,17H2,1-5H3. The van der Waals surface area contributed by atoms with Crippen molar-refractivity contribution in [2.24, 2.45) is 5.73 Å². The lowest BCUT2D eigenvalue weighted by Gasteiger charge is -2.19. The monoisotopic (exact) mass is 290 g/mol. The highest BCUT2D eigenvalue weighted by Crippen LogP contribution is 2.39. The molecule has 1 aromatic heterocycles. The molecule has 0 saturated heterocycles. The van der Waals surface area contributed by atoms with Crippen molar-refractivity contribution >= 4 is 11.3 Å². The van der Waals surface area contributed by atoms with E-state index < -0.39 is 0 Å². The Balaban J connectivity index is 2.59. The molecule has 0 unspecified atom stereocenters. The van der Waals surface area contributed by atoms with E-state index in [2.05, 4.69) is 13.8 Å². The van der Waals surface area contributed by atoms with Crippen molar-refractivity contribution in [2.45, 2.75) is 39.2 Å². The van der Waals surface area contributed by atoms with Crippen LogP contribution in [0.3, 0.4) is 0 Å². The quantitative estimate of drug-likeness (QED) is 0.920. The van der Waals surface area contributed by atoms with Crippen molar-refractivity contribution in [3.8, 4) is 16.3 Å². The fourth-order valence-electron chi connectivity index (χ4n) is 2.12. The van der Waals surface area contributed by atoms with E-state index in [1.54, 1.807) is 18.4 Å². The molecule has 0 radical (unpaired) electrons. The predicted molar refractivity (Wildman–Crippen MR) is 85.4 cm³/mol. The Morgan fingerprint density at radius 1 is 1.25 bits per heavy atom. The zero-order valence-electron chi connectivity index (χ0n) is 12.7. The van der Waals surface area contributed by atoms with Crippen LogP contribution in [0.1, 0.15) is 44.2 Å². The number of nitrogens with two attached hydrogens (primary N) is 1. The third-order valence-corrected chi connectivity index (χ3v) is 4.57. The Morgan fingerprint density at radius 2 is 1.90 bits per heavy atom. The number of thiazole rings is 1. The van der Waals surface area contributed by atoms with E-state index in [-0.39, 0.29) is 5.54 Å². The molecule has 0 aliphatic heterocycles. The van der Waals surface area contributed by atoms with E-state index in [0.29, 0.717) is 5.92 Å². The van der Waals surface area contributed by atoms with Gasteiger partial charge < -0.3 is 10.5 Å². The lowest BCUT2D eigenvalue weighted by atomic mass is 9.98. The molecule has 2 rings (SSSR count). The summed E-state index contributed by atoms with van der Waals surface area (Å²) in [5.41, 5.74) is 8.03. The minimum Gasteiger partial charge on any atom is -0.496 e. The normalized spacial score (nSPS) is 11.9. The highest BCUT2D eigenvalue weighted by molar-refractivity contribution is 7.15. The van der Waals surface area contributed by atoms with Crippen LogP contribution in [0.15, 0.2) is 24.3 Å². The van der Waals surface area contributed by atoms with E-state index >= 15 is 0 Å². The van der Waals surface area contributed by atoms with Gasteiger partial charge in [0.1, 0.15) is 10.8 Å². The molecular weight excluding hydrogens is 268 g/mol.